The fraction of sp³-hybridized carbons (Fsp3) is 0.625. The van der Waals surface area contributed by atoms with E-state index >= 15 is 0 Å². The van der Waals surface area contributed by atoms with Crippen LogP contribution in [-0.4, -0.2) is 57.9 Å². The molecule has 1 unspecified atom stereocenters. The van der Waals surface area contributed by atoms with Crippen LogP contribution in [0.3, 0.4) is 0 Å². The number of ether oxygens (including phenoxy) is 1. The van der Waals surface area contributed by atoms with Crippen LogP contribution in [0.15, 0.2) is 22.7 Å². The number of halogens is 1. The van der Waals surface area contributed by atoms with Gasteiger partial charge in [0.05, 0.1) is 6.61 Å². The van der Waals surface area contributed by atoms with Crippen LogP contribution in [0.5, 0.6) is 0 Å². The molecule has 1 aromatic rings. The molecule has 2 rings (SSSR count). The zero-order valence-corrected chi connectivity index (χ0v) is 14.8. The van der Waals surface area contributed by atoms with Crippen LogP contribution >= 0.6 is 15.9 Å². The van der Waals surface area contributed by atoms with Gasteiger partial charge >= 0.3 is 0 Å². The summed E-state index contributed by atoms with van der Waals surface area (Å²) in [5.41, 5.74) is 2.60. The summed E-state index contributed by atoms with van der Waals surface area (Å²) in [6.45, 7) is 8.12. The second kappa shape index (κ2) is 8.13. The molecule has 118 valence electrons. The maximum absolute atomic E-state index is 5.04. The van der Waals surface area contributed by atoms with Crippen LogP contribution < -0.4 is 10.2 Å². The van der Waals surface area contributed by atoms with E-state index in [1.54, 1.807) is 7.11 Å². The Morgan fingerprint density at radius 3 is 2.86 bits per heavy atom. The number of methoxy groups -OCH3 is 1. The second-order valence-corrected chi connectivity index (χ2v) is 6.60. The maximum atomic E-state index is 5.04. The Balaban J connectivity index is 1.98. The van der Waals surface area contributed by atoms with Crippen molar-refractivity contribution in [3.8, 4) is 0 Å². The first-order chi connectivity index (χ1) is 10.1. The minimum absolute atomic E-state index is 0.557. The summed E-state index contributed by atoms with van der Waals surface area (Å²) < 4.78 is 6.22. The Hall–Kier alpha value is -0.620. The Kier molecular flexibility index (Phi) is 6.48. The van der Waals surface area contributed by atoms with Crippen LogP contribution in [0.1, 0.15) is 12.5 Å². The van der Waals surface area contributed by atoms with Gasteiger partial charge in [0.15, 0.2) is 0 Å². The normalized spacial score (nSPS) is 20.0. The molecule has 0 aromatic heterocycles. The van der Waals surface area contributed by atoms with E-state index in [1.807, 2.05) is 0 Å². The highest BCUT2D eigenvalue weighted by molar-refractivity contribution is 9.10. The zero-order chi connectivity index (χ0) is 15.2. The van der Waals surface area contributed by atoms with E-state index in [4.69, 9.17) is 4.74 Å². The van der Waals surface area contributed by atoms with E-state index in [2.05, 4.69) is 63.2 Å². The molecule has 0 saturated carbocycles. The smallest absolute Gasteiger partial charge is 0.0587 e. The third kappa shape index (κ3) is 4.68. The Bertz CT molecular complexity index is 455. The summed E-state index contributed by atoms with van der Waals surface area (Å²) in [7, 11) is 3.92. The molecule has 0 bridgehead atoms. The number of rotatable bonds is 6. The number of benzene rings is 1. The van der Waals surface area contributed by atoms with Gasteiger partial charge in [-0.15, -0.1) is 0 Å². The number of likely N-dealkylation sites (N-methyl/N-ethyl adjacent to an activating group) is 1. The zero-order valence-electron chi connectivity index (χ0n) is 13.2. The molecule has 0 amide bonds. The fourth-order valence-corrected chi connectivity index (χ4v) is 3.29. The van der Waals surface area contributed by atoms with Crippen LogP contribution in [0.2, 0.25) is 0 Å². The van der Waals surface area contributed by atoms with Gasteiger partial charge in [-0.05, 0) is 31.7 Å². The standard InChI is InChI=1S/C16H26BrN3O/c1-13-12-19(2)7-8-20(13)15-5-4-14(16(17)10-15)11-18-6-9-21-3/h4-5,10,13,18H,6-9,11-12H2,1-3H3. The van der Waals surface area contributed by atoms with Crippen molar-refractivity contribution in [2.45, 2.75) is 19.5 Å². The lowest BCUT2D eigenvalue weighted by molar-refractivity contribution is 0.199. The Morgan fingerprint density at radius 2 is 2.19 bits per heavy atom. The Labute approximate surface area is 136 Å². The molecule has 4 nitrogen and oxygen atoms in total. The van der Waals surface area contributed by atoms with Crippen molar-refractivity contribution < 1.29 is 4.74 Å². The predicted molar refractivity (Wildman–Crippen MR) is 92.0 cm³/mol. The summed E-state index contributed by atoms with van der Waals surface area (Å²) in [5.74, 6) is 0. The van der Waals surface area contributed by atoms with Gasteiger partial charge in [-0.3, -0.25) is 0 Å². The first kappa shape index (κ1) is 16.7. The summed E-state index contributed by atoms with van der Waals surface area (Å²) in [6.07, 6.45) is 0. The molecule has 1 atom stereocenters. The van der Waals surface area contributed by atoms with Gasteiger partial charge < -0.3 is 19.9 Å². The topological polar surface area (TPSA) is 27.7 Å². The molecule has 1 aliphatic rings. The molecule has 1 heterocycles. The lowest BCUT2D eigenvalue weighted by Crippen LogP contribution is -2.50. The molecular weight excluding hydrogens is 330 g/mol. The molecular formula is C16H26BrN3O. The minimum Gasteiger partial charge on any atom is -0.383 e. The quantitative estimate of drug-likeness (QED) is 0.792. The van der Waals surface area contributed by atoms with Crippen molar-refractivity contribution in [2.75, 3.05) is 51.8 Å². The summed E-state index contributed by atoms with van der Waals surface area (Å²) in [6, 6.07) is 7.25. The van der Waals surface area contributed by atoms with Crippen molar-refractivity contribution in [2.24, 2.45) is 0 Å². The molecule has 1 aliphatic heterocycles. The number of nitrogens with one attached hydrogen (secondary N) is 1. The molecule has 1 saturated heterocycles. The van der Waals surface area contributed by atoms with Gasteiger partial charge in [0.2, 0.25) is 0 Å². The minimum atomic E-state index is 0.557. The molecule has 1 aromatic carbocycles. The first-order valence-corrected chi connectivity index (χ1v) is 8.34. The molecule has 1 N–H and O–H groups in total. The van der Waals surface area contributed by atoms with Crippen molar-refractivity contribution in [3.63, 3.8) is 0 Å². The SMILES string of the molecule is COCCNCc1ccc(N2CCN(C)CC2C)cc1Br. The summed E-state index contributed by atoms with van der Waals surface area (Å²) in [5, 5.41) is 3.38. The third-order valence-electron chi connectivity index (χ3n) is 4.00. The van der Waals surface area contributed by atoms with Crippen molar-refractivity contribution in [1.29, 1.82) is 0 Å². The van der Waals surface area contributed by atoms with Crippen molar-refractivity contribution in [3.05, 3.63) is 28.2 Å². The third-order valence-corrected chi connectivity index (χ3v) is 4.74. The average molecular weight is 356 g/mol. The van der Waals surface area contributed by atoms with E-state index in [9.17, 15) is 0 Å². The average Bonchev–Trinajstić information content (AvgIpc) is 2.45. The molecule has 21 heavy (non-hydrogen) atoms. The predicted octanol–water partition coefficient (Wildman–Crippen LogP) is 2.33. The molecule has 0 spiro atoms. The van der Waals surface area contributed by atoms with Crippen LogP contribution in [0.25, 0.3) is 0 Å². The van der Waals surface area contributed by atoms with Gasteiger partial charge in [-0.1, -0.05) is 22.0 Å². The summed E-state index contributed by atoms with van der Waals surface area (Å²) >= 11 is 3.71. The van der Waals surface area contributed by atoms with Gasteiger partial charge in [-0.2, -0.15) is 0 Å². The van der Waals surface area contributed by atoms with E-state index in [0.717, 1.165) is 39.3 Å². The maximum Gasteiger partial charge on any atom is 0.0587 e. The van der Waals surface area contributed by atoms with E-state index in [0.29, 0.717) is 6.04 Å². The lowest BCUT2D eigenvalue weighted by atomic mass is 10.1. The number of hydrogen-bond donors (Lipinski definition) is 1. The Morgan fingerprint density at radius 1 is 1.38 bits per heavy atom. The van der Waals surface area contributed by atoms with Gasteiger partial charge in [0.25, 0.3) is 0 Å². The first-order valence-electron chi connectivity index (χ1n) is 7.55. The fourth-order valence-electron chi connectivity index (χ4n) is 2.78. The van der Waals surface area contributed by atoms with E-state index in [-0.39, 0.29) is 0 Å². The van der Waals surface area contributed by atoms with E-state index < -0.39 is 0 Å². The largest absolute Gasteiger partial charge is 0.383 e. The number of nitrogens with zero attached hydrogens (tertiary/aromatic N) is 2. The highest BCUT2D eigenvalue weighted by Gasteiger charge is 2.21. The lowest BCUT2D eigenvalue weighted by Gasteiger charge is -2.40. The molecule has 5 heteroatoms. The van der Waals surface area contributed by atoms with Crippen LogP contribution in [0.4, 0.5) is 5.69 Å². The second-order valence-electron chi connectivity index (χ2n) is 5.75. The van der Waals surface area contributed by atoms with Crippen LogP contribution in [0, 0.1) is 0 Å². The van der Waals surface area contributed by atoms with Gasteiger partial charge in [-0.25, -0.2) is 0 Å². The number of anilines is 1. The van der Waals surface area contributed by atoms with Crippen molar-refractivity contribution >= 4 is 21.6 Å². The highest BCUT2D eigenvalue weighted by atomic mass is 79.9. The highest BCUT2D eigenvalue weighted by Crippen LogP contribution is 2.26. The molecule has 0 radical (unpaired) electrons. The van der Waals surface area contributed by atoms with Crippen LogP contribution in [-0.2, 0) is 11.3 Å². The number of piperazine rings is 1. The monoisotopic (exact) mass is 355 g/mol. The van der Waals surface area contributed by atoms with Gasteiger partial charge in [0, 0.05) is 56.0 Å². The molecule has 0 aliphatic carbocycles. The summed E-state index contributed by atoms with van der Waals surface area (Å²) in [4.78, 5) is 4.89. The van der Waals surface area contributed by atoms with Gasteiger partial charge in [0.1, 0.15) is 0 Å². The van der Waals surface area contributed by atoms with Crippen molar-refractivity contribution in [1.82, 2.24) is 10.2 Å². The van der Waals surface area contributed by atoms with E-state index in [1.165, 1.54) is 15.7 Å². The number of hydrogen-bond acceptors (Lipinski definition) is 4. The molecule has 1 fully saturated rings.